The van der Waals surface area contributed by atoms with Gasteiger partial charge in [-0.05, 0) is 44.2 Å². The van der Waals surface area contributed by atoms with Crippen LogP contribution in [0.25, 0.3) is 0 Å². The number of rotatable bonds is 5. The summed E-state index contributed by atoms with van der Waals surface area (Å²) in [6.07, 6.45) is 0. The van der Waals surface area contributed by atoms with Gasteiger partial charge in [0.05, 0.1) is 6.61 Å². The van der Waals surface area contributed by atoms with Crippen LogP contribution >= 0.6 is 0 Å². The van der Waals surface area contributed by atoms with E-state index >= 15 is 0 Å². The molecule has 1 aromatic rings. The third-order valence-corrected chi connectivity index (χ3v) is 2.77. The van der Waals surface area contributed by atoms with Crippen LogP contribution < -0.4 is 10.2 Å². The van der Waals surface area contributed by atoms with Crippen molar-refractivity contribution in [2.45, 2.75) is 19.9 Å². The molecule has 0 amide bonds. The number of hydrogen-bond acceptors (Lipinski definition) is 3. The SMILES string of the molecule is CNC(CO)CN(C)c1cc(C)cc(C)c1. The fraction of sp³-hybridized carbons (Fsp3) is 0.538. The first-order valence-corrected chi connectivity index (χ1v) is 5.64. The molecule has 0 heterocycles. The average molecular weight is 222 g/mol. The van der Waals surface area contributed by atoms with E-state index in [1.54, 1.807) is 0 Å². The maximum Gasteiger partial charge on any atom is 0.0601 e. The fourth-order valence-electron chi connectivity index (χ4n) is 1.85. The summed E-state index contributed by atoms with van der Waals surface area (Å²) in [5, 5.41) is 12.2. The lowest BCUT2D eigenvalue weighted by Gasteiger charge is -2.25. The predicted octanol–water partition coefficient (Wildman–Crippen LogP) is 1.32. The Hall–Kier alpha value is -1.06. The summed E-state index contributed by atoms with van der Waals surface area (Å²) in [6, 6.07) is 6.61. The van der Waals surface area contributed by atoms with Gasteiger partial charge in [0.1, 0.15) is 0 Å². The first-order valence-electron chi connectivity index (χ1n) is 5.64. The molecular weight excluding hydrogens is 200 g/mol. The second kappa shape index (κ2) is 5.87. The van der Waals surface area contributed by atoms with Crippen LogP contribution in [0.2, 0.25) is 0 Å². The van der Waals surface area contributed by atoms with Crippen LogP contribution in [0, 0.1) is 13.8 Å². The molecule has 0 bridgehead atoms. The van der Waals surface area contributed by atoms with E-state index in [1.165, 1.54) is 16.8 Å². The highest BCUT2D eigenvalue weighted by Crippen LogP contribution is 2.17. The van der Waals surface area contributed by atoms with E-state index in [2.05, 4.69) is 42.3 Å². The summed E-state index contributed by atoms with van der Waals surface area (Å²) in [5.74, 6) is 0. The molecule has 3 nitrogen and oxygen atoms in total. The highest BCUT2D eigenvalue weighted by atomic mass is 16.3. The van der Waals surface area contributed by atoms with Crippen molar-refractivity contribution in [2.75, 3.05) is 32.1 Å². The molecule has 0 aliphatic heterocycles. The molecule has 1 rings (SSSR count). The zero-order valence-corrected chi connectivity index (χ0v) is 10.6. The second-order valence-corrected chi connectivity index (χ2v) is 4.39. The Morgan fingerprint density at radius 3 is 2.25 bits per heavy atom. The molecule has 1 atom stereocenters. The van der Waals surface area contributed by atoms with Crippen molar-refractivity contribution < 1.29 is 5.11 Å². The molecule has 2 N–H and O–H groups in total. The summed E-state index contributed by atoms with van der Waals surface area (Å²) >= 11 is 0. The monoisotopic (exact) mass is 222 g/mol. The van der Waals surface area contributed by atoms with E-state index in [0.717, 1.165) is 6.54 Å². The van der Waals surface area contributed by atoms with Gasteiger partial charge in [-0.1, -0.05) is 6.07 Å². The minimum Gasteiger partial charge on any atom is -0.395 e. The van der Waals surface area contributed by atoms with Crippen LogP contribution in [0.1, 0.15) is 11.1 Å². The molecule has 90 valence electrons. The maximum absolute atomic E-state index is 9.14. The fourth-order valence-corrected chi connectivity index (χ4v) is 1.85. The van der Waals surface area contributed by atoms with Crippen LogP contribution in [0.15, 0.2) is 18.2 Å². The second-order valence-electron chi connectivity index (χ2n) is 4.39. The minimum absolute atomic E-state index is 0.116. The van der Waals surface area contributed by atoms with Crippen LogP contribution in [0.5, 0.6) is 0 Å². The van der Waals surface area contributed by atoms with Gasteiger partial charge in [-0.25, -0.2) is 0 Å². The number of nitrogens with one attached hydrogen (secondary N) is 1. The molecule has 16 heavy (non-hydrogen) atoms. The highest BCUT2D eigenvalue weighted by Gasteiger charge is 2.09. The van der Waals surface area contributed by atoms with Crippen molar-refractivity contribution in [1.82, 2.24) is 5.32 Å². The third kappa shape index (κ3) is 3.51. The van der Waals surface area contributed by atoms with Gasteiger partial charge in [0.2, 0.25) is 0 Å². The predicted molar refractivity (Wildman–Crippen MR) is 69.1 cm³/mol. The third-order valence-electron chi connectivity index (χ3n) is 2.77. The number of hydrogen-bond donors (Lipinski definition) is 2. The molecule has 0 saturated carbocycles. The molecule has 0 spiro atoms. The van der Waals surface area contributed by atoms with Crippen LogP contribution in [-0.2, 0) is 0 Å². The zero-order valence-electron chi connectivity index (χ0n) is 10.6. The minimum atomic E-state index is 0.116. The summed E-state index contributed by atoms with van der Waals surface area (Å²) in [6.45, 7) is 5.17. The number of benzene rings is 1. The first-order chi connectivity index (χ1) is 7.56. The van der Waals surface area contributed by atoms with Gasteiger partial charge in [-0.3, -0.25) is 0 Å². The van der Waals surface area contributed by atoms with Gasteiger partial charge < -0.3 is 15.3 Å². The van der Waals surface area contributed by atoms with Gasteiger partial charge in [-0.2, -0.15) is 0 Å². The Balaban J connectivity index is 2.75. The Bertz CT molecular complexity index is 314. The first kappa shape index (κ1) is 13.0. The molecule has 0 radical (unpaired) electrons. The highest BCUT2D eigenvalue weighted by molar-refractivity contribution is 5.50. The molecule has 0 saturated heterocycles. The zero-order chi connectivity index (χ0) is 12.1. The summed E-state index contributed by atoms with van der Waals surface area (Å²) in [7, 11) is 3.92. The number of likely N-dealkylation sites (N-methyl/N-ethyl adjacent to an activating group) is 2. The van der Waals surface area contributed by atoms with E-state index in [-0.39, 0.29) is 12.6 Å². The van der Waals surface area contributed by atoms with Gasteiger partial charge >= 0.3 is 0 Å². The molecule has 0 aromatic heterocycles. The van der Waals surface area contributed by atoms with Gasteiger partial charge in [-0.15, -0.1) is 0 Å². The summed E-state index contributed by atoms with van der Waals surface area (Å²) in [4.78, 5) is 2.16. The largest absolute Gasteiger partial charge is 0.395 e. The van der Waals surface area contributed by atoms with E-state index in [4.69, 9.17) is 5.11 Å². The quantitative estimate of drug-likeness (QED) is 0.788. The van der Waals surface area contributed by atoms with E-state index in [1.807, 2.05) is 14.1 Å². The van der Waals surface area contributed by atoms with Crippen LogP contribution in [0.4, 0.5) is 5.69 Å². The Morgan fingerprint density at radius 2 is 1.81 bits per heavy atom. The topological polar surface area (TPSA) is 35.5 Å². The normalized spacial score (nSPS) is 12.6. The van der Waals surface area contributed by atoms with Crippen molar-refractivity contribution in [3.63, 3.8) is 0 Å². The molecule has 1 aromatic carbocycles. The summed E-state index contributed by atoms with van der Waals surface area (Å²) in [5.41, 5.74) is 3.74. The molecule has 3 heteroatoms. The van der Waals surface area contributed by atoms with Crippen molar-refractivity contribution in [1.29, 1.82) is 0 Å². The van der Waals surface area contributed by atoms with E-state index < -0.39 is 0 Å². The Morgan fingerprint density at radius 1 is 1.25 bits per heavy atom. The van der Waals surface area contributed by atoms with Gasteiger partial charge in [0, 0.05) is 25.3 Å². The number of aliphatic hydroxyl groups is 1. The molecule has 0 aliphatic carbocycles. The van der Waals surface area contributed by atoms with Crippen LogP contribution in [0.3, 0.4) is 0 Å². The number of aliphatic hydroxyl groups excluding tert-OH is 1. The van der Waals surface area contributed by atoms with Crippen molar-refractivity contribution in [3.05, 3.63) is 29.3 Å². The Kier molecular flexibility index (Phi) is 4.77. The van der Waals surface area contributed by atoms with E-state index in [0.29, 0.717) is 0 Å². The lowest BCUT2D eigenvalue weighted by atomic mass is 10.1. The average Bonchev–Trinajstić information content (AvgIpc) is 2.24. The number of aryl methyl sites for hydroxylation is 2. The lowest BCUT2D eigenvalue weighted by Crippen LogP contribution is -2.40. The summed E-state index contributed by atoms with van der Waals surface area (Å²) < 4.78 is 0. The lowest BCUT2D eigenvalue weighted by molar-refractivity contribution is 0.251. The van der Waals surface area contributed by atoms with Crippen molar-refractivity contribution >= 4 is 5.69 Å². The molecule has 0 aliphatic rings. The molecule has 1 unspecified atom stereocenters. The maximum atomic E-state index is 9.14. The standard InChI is InChI=1S/C13H22N2O/c1-10-5-11(2)7-13(6-10)15(4)8-12(9-16)14-3/h5-7,12,14,16H,8-9H2,1-4H3. The smallest absolute Gasteiger partial charge is 0.0601 e. The van der Waals surface area contributed by atoms with Crippen molar-refractivity contribution in [2.24, 2.45) is 0 Å². The van der Waals surface area contributed by atoms with Gasteiger partial charge in [0.25, 0.3) is 0 Å². The van der Waals surface area contributed by atoms with Gasteiger partial charge in [0.15, 0.2) is 0 Å². The van der Waals surface area contributed by atoms with E-state index in [9.17, 15) is 0 Å². The van der Waals surface area contributed by atoms with Crippen LogP contribution in [-0.4, -0.2) is 38.4 Å². The molecule has 0 fully saturated rings. The Labute approximate surface area is 98.1 Å². The van der Waals surface area contributed by atoms with Crippen molar-refractivity contribution in [3.8, 4) is 0 Å². The number of anilines is 1. The molecular formula is C13H22N2O. The number of nitrogens with zero attached hydrogens (tertiary/aromatic N) is 1.